The normalized spacial score (nSPS) is 11.2. The topological polar surface area (TPSA) is 129 Å². The minimum absolute atomic E-state index is 0.490. The van der Waals surface area contributed by atoms with Gasteiger partial charge in [0.1, 0.15) is 4.90 Å². The van der Waals surface area contributed by atoms with E-state index in [2.05, 4.69) is 0 Å². The molecule has 0 amide bonds. The summed E-state index contributed by atoms with van der Waals surface area (Å²) >= 11 is 5.44. The fourth-order valence-corrected chi connectivity index (χ4v) is 2.13. The van der Waals surface area contributed by atoms with Crippen LogP contribution in [-0.2, 0) is 10.1 Å². The molecule has 0 saturated carbocycles. The average molecular weight is 281 g/mol. The van der Waals surface area contributed by atoms with Crippen LogP contribution >= 0.6 is 11.6 Å². The Kier molecular flexibility index (Phi) is 3.41. The van der Waals surface area contributed by atoms with Crippen molar-refractivity contribution in [3.05, 3.63) is 28.3 Å². The minimum Gasteiger partial charge on any atom is -0.478 e. The van der Waals surface area contributed by atoms with Gasteiger partial charge in [-0.3, -0.25) is 4.55 Å². The minimum atomic E-state index is -4.72. The van der Waals surface area contributed by atoms with Gasteiger partial charge in [-0.25, -0.2) is 9.59 Å². The van der Waals surface area contributed by atoms with E-state index >= 15 is 0 Å². The third kappa shape index (κ3) is 2.73. The molecule has 0 spiro atoms. The summed E-state index contributed by atoms with van der Waals surface area (Å²) in [4.78, 5) is 20.6. The van der Waals surface area contributed by atoms with E-state index in [0.29, 0.717) is 12.1 Å². The Morgan fingerprint density at radius 3 is 1.82 bits per heavy atom. The Hall–Kier alpha value is -1.64. The lowest BCUT2D eigenvalue weighted by molar-refractivity contribution is 0.0651. The van der Waals surface area contributed by atoms with E-state index < -0.39 is 43.1 Å². The van der Waals surface area contributed by atoms with Crippen molar-refractivity contribution < 1.29 is 32.8 Å². The van der Waals surface area contributed by atoms with Gasteiger partial charge >= 0.3 is 11.9 Å². The number of carboxylic acid groups (broad SMARTS) is 2. The van der Waals surface area contributed by atoms with E-state index in [1.54, 1.807) is 0 Å². The molecule has 0 radical (unpaired) electrons. The van der Waals surface area contributed by atoms with Crippen LogP contribution < -0.4 is 0 Å². The summed E-state index contributed by atoms with van der Waals surface area (Å²) in [6, 6.07) is 1.14. The molecule has 17 heavy (non-hydrogen) atoms. The van der Waals surface area contributed by atoms with E-state index in [9.17, 15) is 18.0 Å². The zero-order chi connectivity index (χ0) is 13.4. The summed E-state index contributed by atoms with van der Waals surface area (Å²) in [5, 5.41) is 16.8. The van der Waals surface area contributed by atoms with Crippen LogP contribution in [0, 0.1) is 0 Å². The Bertz CT molecular complexity index is 605. The smallest absolute Gasteiger partial charge is 0.336 e. The van der Waals surface area contributed by atoms with Gasteiger partial charge in [0.25, 0.3) is 10.1 Å². The molecule has 7 nitrogen and oxygen atoms in total. The van der Waals surface area contributed by atoms with Crippen molar-refractivity contribution in [2.24, 2.45) is 0 Å². The number of carbonyl (C=O) groups is 2. The van der Waals surface area contributed by atoms with Gasteiger partial charge in [0.15, 0.2) is 0 Å². The second-order valence-corrected chi connectivity index (χ2v) is 4.71. The summed E-state index contributed by atoms with van der Waals surface area (Å²) in [7, 11) is -4.72. The quantitative estimate of drug-likeness (QED) is 0.704. The number of aromatic carboxylic acids is 2. The molecule has 0 fully saturated rings. The molecule has 0 aromatic heterocycles. The highest BCUT2D eigenvalue weighted by atomic mass is 35.5. The van der Waals surface area contributed by atoms with E-state index in [-0.39, 0.29) is 0 Å². The highest BCUT2D eigenvalue weighted by molar-refractivity contribution is 7.86. The molecule has 92 valence electrons. The molecule has 0 atom stereocenters. The molecular weight excluding hydrogens is 276 g/mol. The summed E-state index contributed by atoms with van der Waals surface area (Å²) in [6.07, 6.45) is 0. The van der Waals surface area contributed by atoms with Gasteiger partial charge < -0.3 is 10.2 Å². The monoisotopic (exact) mass is 280 g/mol. The molecule has 0 aliphatic heterocycles. The van der Waals surface area contributed by atoms with Crippen LogP contribution in [0.5, 0.6) is 0 Å². The predicted octanol–water partition coefficient (Wildman–Crippen LogP) is 0.983. The molecule has 0 aliphatic rings. The van der Waals surface area contributed by atoms with Crippen LogP contribution in [0.1, 0.15) is 20.7 Å². The van der Waals surface area contributed by atoms with Crippen molar-refractivity contribution in [2.75, 3.05) is 0 Å². The molecular formula is C8H5ClO7S. The lowest BCUT2D eigenvalue weighted by Gasteiger charge is -2.06. The van der Waals surface area contributed by atoms with Gasteiger partial charge in [-0.15, -0.1) is 0 Å². The molecule has 1 rings (SSSR count). The first-order chi connectivity index (χ1) is 7.64. The Morgan fingerprint density at radius 1 is 1.06 bits per heavy atom. The first-order valence-corrected chi connectivity index (χ1v) is 5.74. The van der Waals surface area contributed by atoms with Crippen LogP contribution in [-0.4, -0.2) is 35.1 Å². The van der Waals surface area contributed by atoms with Gasteiger partial charge in [-0.1, -0.05) is 11.6 Å². The fraction of sp³-hybridized carbons (Fsp3) is 0. The second-order valence-electron chi connectivity index (χ2n) is 2.91. The third-order valence-electron chi connectivity index (χ3n) is 1.81. The van der Waals surface area contributed by atoms with Gasteiger partial charge in [-0.05, 0) is 12.1 Å². The van der Waals surface area contributed by atoms with Crippen LogP contribution in [0.25, 0.3) is 0 Å². The number of hydrogen-bond donors (Lipinski definition) is 3. The number of carboxylic acids is 2. The zero-order valence-electron chi connectivity index (χ0n) is 7.92. The second kappa shape index (κ2) is 4.32. The van der Waals surface area contributed by atoms with Crippen LogP contribution in [0.4, 0.5) is 0 Å². The summed E-state index contributed by atoms with van der Waals surface area (Å²) in [6.45, 7) is 0. The van der Waals surface area contributed by atoms with Crippen molar-refractivity contribution in [1.82, 2.24) is 0 Å². The first-order valence-electron chi connectivity index (χ1n) is 3.92. The first kappa shape index (κ1) is 13.4. The molecule has 0 bridgehead atoms. The van der Waals surface area contributed by atoms with Gasteiger partial charge in [0, 0.05) is 0 Å². The maximum Gasteiger partial charge on any atom is 0.336 e. The van der Waals surface area contributed by atoms with E-state index in [1.807, 2.05) is 0 Å². The van der Waals surface area contributed by atoms with Crippen molar-refractivity contribution in [3.63, 3.8) is 0 Å². The Balaban J connectivity index is 3.69. The third-order valence-corrected chi connectivity index (χ3v) is 3.13. The van der Waals surface area contributed by atoms with E-state index in [0.717, 1.165) is 0 Å². The molecule has 0 saturated heterocycles. The highest BCUT2D eigenvalue weighted by Gasteiger charge is 2.23. The maximum absolute atomic E-state index is 10.8. The molecule has 9 heteroatoms. The summed E-state index contributed by atoms with van der Waals surface area (Å²) < 4.78 is 30.4. The molecule has 1 aromatic carbocycles. The number of halogens is 1. The number of benzene rings is 1. The van der Waals surface area contributed by atoms with Gasteiger partial charge in [0.2, 0.25) is 0 Å². The van der Waals surface area contributed by atoms with E-state index in [1.165, 1.54) is 0 Å². The average Bonchev–Trinajstić information content (AvgIpc) is 2.14. The SMILES string of the molecule is O=C(O)c1cc(Cl)c(S(=O)(=O)O)cc1C(=O)O. The van der Waals surface area contributed by atoms with Crippen molar-refractivity contribution in [3.8, 4) is 0 Å². The fourth-order valence-electron chi connectivity index (χ4n) is 1.10. The summed E-state index contributed by atoms with van der Waals surface area (Å²) in [5.74, 6) is -3.23. The lowest BCUT2D eigenvalue weighted by atomic mass is 10.1. The van der Waals surface area contributed by atoms with Crippen LogP contribution in [0.3, 0.4) is 0 Å². The van der Waals surface area contributed by atoms with Crippen molar-refractivity contribution in [2.45, 2.75) is 4.90 Å². The summed E-state index contributed by atoms with van der Waals surface area (Å²) in [5.41, 5.74) is -1.45. The highest BCUT2D eigenvalue weighted by Crippen LogP contribution is 2.25. The molecule has 3 N–H and O–H groups in total. The number of rotatable bonds is 3. The molecule has 0 aliphatic carbocycles. The van der Waals surface area contributed by atoms with Gasteiger partial charge in [0.05, 0.1) is 16.1 Å². The number of hydrogen-bond acceptors (Lipinski definition) is 4. The Labute approximate surface area is 100 Å². The molecule has 0 heterocycles. The molecule has 0 unspecified atom stereocenters. The standard InChI is InChI=1S/C8H5ClO7S/c9-5-1-3(7(10)11)4(8(12)13)2-6(5)17(14,15)16/h1-2H,(H,10,11)(H,12,13)(H,14,15,16). The predicted molar refractivity (Wildman–Crippen MR) is 55.2 cm³/mol. The van der Waals surface area contributed by atoms with Crippen LogP contribution in [0.2, 0.25) is 5.02 Å². The van der Waals surface area contributed by atoms with Gasteiger partial charge in [-0.2, -0.15) is 8.42 Å². The molecule has 1 aromatic rings. The largest absolute Gasteiger partial charge is 0.478 e. The van der Waals surface area contributed by atoms with E-state index in [4.69, 9.17) is 26.4 Å². The van der Waals surface area contributed by atoms with Crippen molar-refractivity contribution >= 4 is 33.7 Å². The zero-order valence-corrected chi connectivity index (χ0v) is 9.49. The Morgan fingerprint density at radius 2 is 1.47 bits per heavy atom. The van der Waals surface area contributed by atoms with Crippen molar-refractivity contribution in [1.29, 1.82) is 0 Å². The van der Waals surface area contributed by atoms with Crippen LogP contribution in [0.15, 0.2) is 17.0 Å². The maximum atomic E-state index is 10.8. The lowest BCUT2D eigenvalue weighted by Crippen LogP contribution is -2.11.